The quantitative estimate of drug-likeness (QED) is 0.178. The van der Waals surface area contributed by atoms with Crippen LogP contribution in [0, 0.1) is 0 Å². The van der Waals surface area contributed by atoms with Crippen molar-refractivity contribution in [1.29, 1.82) is 0 Å². The fourth-order valence-electron chi connectivity index (χ4n) is 10.1. The maximum Gasteiger partial charge on any atom is 0.160 e. The Morgan fingerprint density at radius 1 is 0.403 bits per heavy atom. The van der Waals surface area contributed by atoms with Crippen molar-refractivity contribution >= 4 is 22.6 Å². The van der Waals surface area contributed by atoms with Crippen LogP contribution in [0.25, 0.3) is 61.7 Å². The molecule has 0 saturated heterocycles. The van der Waals surface area contributed by atoms with Gasteiger partial charge in [0.2, 0.25) is 0 Å². The maximum atomic E-state index is 5.23. The number of hydrogen-bond donors (Lipinski definition) is 0. The van der Waals surface area contributed by atoms with Crippen LogP contribution in [0.15, 0.2) is 230 Å². The van der Waals surface area contributed by atoms with E-state index >= 15 is 0 Å². The zero-order valence-corrected chi connectivity index (χ0v) is 34.1. The van der Waals surface area contributed by atoms with E-state index in [-0.39, 0.29) is 0 Å². The van der Waals surface area contributed by atoms with E-state index in [1.165, 1.54) is 33.4 Å². The minimum absolute atomic E-state index is 0.470. The van der Waals surface area contributed by atoms with Gasteiger partial charge in [0.25, 0.3) is 0 Å². The lowest BCUT2D eigenvalue weighted by Crippen LogP contribution is -2.29. The first-order valence-electron chi connectivity index (χ1n) is 21.5. The highest BCUT2D eigenvalue weighted by atomic mass is 15.1. The third-order valence-electron chi connectivity index (χ3n) is 12.9. The molecule has 2 aliphatic carbocycles. The largest absolute Gasteiger partial charge is 0.310 e. The zero-order valence-electron chi connectivity index (χ0n) is 34.1. The zero-order chi connectivity index (χ0) is 41.0. The van der Waals surface area contributed by atoms with E-state index in [0.29, 0.717) is 5.82 Å². The number of anilines is 3. The SMILES string of the molecule is C1=CC2=C(CC1)c1ccc(N3c4cccc(c4)-c4cccc(c4)-c4cc(-c5ccccc5)nc(n4)-c4cccc(c4)-c4cccc3c4)cc1C2(c1ccccc1)c1ccccc1. The van der Waals surface area contributed by atoms with Crippen LogP contribution >= 0.6 is 0 Å². The first-order valence-corrected chi connectivity index (χ1v) is 21.5. The van der Waals surface area contributed by atoms with Gasteiger partial charge in [-0.25, -0.2) is 9.97 Å². The molecule has 0 spiro atoms. The highest BCUT2D eigenvalue weighted by molar-refractivity contribution is 5.91. The number of benzene rings is 8. The molecule has 1 aromatic heterocycles. The van der Waals surface area contributed by atoms with E-state index in [2.05, 4.69) is 223 Å². The number of rotatable bonds is 4. The molecule has 3 aliphatic rings. The fraction of sp³-hybridized carbons (Fsp3) is 0.0508. The van der Waals surface area contributed by atoms with E-state index in [1.54, 1.807) is 0 Å². The van der Waals surface area contributed by atoms with Crippen LogP contribution in [-0.4, -0.2) is 9.97 Å². The summed E-state index contributed by atoms with van der Waals surface area (Å²) >= 11 is 0. The molecule has 10 bridgehead atoms. The van der Waals surface area contributed by atoms with E-state index in [4.69, 9.17) is 9.97 Å². The second kappa shape index (κ2) is 14.7. The molecule has 0 N–H and O–H groups in total. The minimum Gasteiger partial charge on any atom is -0.310 e. The molecule has 9 aromatic rings. The number of allylic oxidation sites excluding steroid dienone is 4. The first kappa shape index (κ1) is 36.0. The molecule has 0 saturated carbocycles. The topological polar surface area (TPSA) is 29.0 Å². The van der Waals surface area contributed by atoms with Crippen molar-refractivity contribution in [3.8, 4) is 56.2 Å². The van der Waals surface area contributed by atoms with Gasteiger partial charge in [-0.2, -0.15) is 0 Å². The fourth-order valence-corrected chi connectivity index (χ4v) is 10.1. The Labute approximate surface area is 362 Å². The summed E-state index contributed by atoms with van der Waals surface area (Å²) in [6.07, 6.45) is 6.83. The highest BCUT2D eigenvalue weighted by Crippen LogP contribution is 2.58. The molecular weight excluding hydrogens is 751 g/mol. The molecule has 3 heteroatoms. The minimum atomic E-state index is -0.470. The number of fused-ring (bicyclic) bond motifs is 16. The van der Waals surface area contributed by atoms with Gasteiger partial charge in [0, 0.05) is 33.8 Å². The molecule has 0 unspecified atom stereocenters. The van der Waals surface area contributed by atoms with Gasteiger partial charge in [-0.05, 0) is 123 Å². The van der Waals surface area contributed by atoms with Gasteiger partial charge >= 0.3 is 0 Å². The molecule has 0 amide bonds. The molecule has 1 aliphatic heterocycles. The van der Waals surface area contributed by atoms with Gasteiger partial charge in [-0.15, -0.1) is 0 Å². The number of nitrogens with zero attached hydrogens (tertiary/aromatic N) is 3. The normalized spacial score (nSPS) is 14.3. The predicted octanol–water partition coefficient (Wildman–Crippen LogP) is 15.0. The molecule has 0 atom stereocenters. The average Bonchev–Trinajstić information content (AvgIpc) is 3.65. The smallest absolute Gasteiger partial charge is 0.160 e. The Balaban J connectivity index is 1.10. The summed E-state index contributed by atoms with van der Waals surface area (Å²) in [5, 5.41) is 0. The van der Waals surface area contributed by atoms with Crippen LogP contribution in [0.2, 0.25) is 0 Å². The lowest BCUT2D eigenvalue weighted by atomic mass is 9.66. The van der Waals surface area contributed by atoms with Crippen LogP contribution in [-0.2, 0) is 5.41 Å². The Bertz CT molecular complexity index is 3090. The van der Waals surface area contributed by atoms with Crippen molar-refractivity contribution in [2.75, 3.05) is 4.90 Å². The summed E-state index contributed by atoms with van der Waals surface area (Å²) < 4.78 is 0. The predicted molar refractivity (Wildman–Crippen MR) is 256 cm³/mol. The van der Waals surface area contributed by atoms with Gasteiger partial charge in [0.1, 0.15) is 0 Å². The standard InChI is InChI=1S/C59H41N3/c1-4-16-40(17-5-1)56-39-57-45-22-12-18-41(34-45)43-20-14-28-49(36-43)62(50-29-15-21-44(37-50)42-19-13-23-46(35-42)58(60-56)61-57)51-32-33-53-52-30-10-11-31-54(52)59(55(53)38-51,47-24-6-2-7-25-47)48-26-8-3-9-27-48/h1-9,11-29,31-39H,10,30H2. The monoisotopic (exact) mass is 791 g/mol. The van der Waals surface area contributed by atoms with Gasteiger partial charge in [-0.1, -0.05) is 170 Å². The molecule has 292 valence electrons. The lowest BCUT2D eigenvalue weighted by molar-refractivity contribution is 0.756. The first-order chi connectivity index (χ1) is 30.7. The Morgan fingerprint density at radius 3 is 1.55 bits per heavy atom. The maximum absolute atomic E-state index is 5.23. The molecule has 0 fully saturated rings. The van der Waals surface area contributed by atoms with Gasteiger partial charge < -0.3 is 4.90 Å². The summed E-state index contributed by atoms with van der Waals surface area (Å²) in [6.45, 7) is 0. The van der Waals surface area contributed by atoms with E-state index < -0.39 is 5.41 Å². The van der Waals surface area contributed by atoms with Gasteiger partial charge in [0.15, 0.2) is 5.82 Å². The Hall–Kier alpha value is -7.88. The Morgan fingerprint density at radius 2 is 0.903 bits per heavy atom. The van der Waals surface area contributed by atoms with Crippen molar-refractivity contribution < 1.29 is 0 Å². The van der Waals surface area contributed by atoms with Crippen molar-refractivity contribution in [2.45, 2.75) is 18.3 Å². The van der Waals surface area contributed by atoms with E-state index in [9.17, 15) is 0 Å². The molecular formula is C59H41N3. The van der Waals surface area contributed by atoms with Gasteiger partial charge in [-0.3, -0.25) is 0 Å². The Kier molecular flexibility index (Phi) is 8.53. The molecule has 3 nitrogen and oxygen atoms in total. The van der Waals surface area contributed by atoms with Crippen molar-refractivity contribution in [1.82, 2.24) is 9.97 Å². The third-order valence-corrected chi connectivity index (χ3v) is 12.9. The highest BCUT2D eigenvalue weighted by Gasteiger charge is 2.47. The van der Waals surface area contributed by atoms with Crippen LogP contribution in [0.4, 0.5) is 17.1 Å². The molecule has 8 aromatic carbocycles. The molecule has 12 rings (SSSR count). The van der Waals surface area contributed by atoms with Crippen molar-refractivity contribution in [3.05, 3.63) is 252 Å². The van der Waals surface area contributed by atoms with Crippen LogP contribution in [0.5, 0.6) is 0 Å². The molecule has 2 heterocycles. The summed E-state index contributed by atoms with van der Waals surface area (Å²) in [5.41, 5.74) is 20.2. The lowest BCUT2D eigenvalue weighted by Gasteiger charge is -2.36. The number of aromatic nitrogens is 2. The summed E-state index contributed by atoms with van der Waals surface area (Å²) in [4.78, 5) is 12.9. The third kappa shape index (κ3) is 5.89. The van der Waals surface area contributed by atoms with Crippen LogP contribution < -0.4 is 4.90 Å². The van der Waals surface area contributed by atoms with Crippen molar-refractivity contribution in [3.63, 3.8) is 0 Å². The summed E-state index contributed by atoms with van der Waals surface area (Å²) in [6, 6.07) is 77.3. The van der Waals surface area contributed by atoms with Gasteiger partial charge in [0.05, 0.1) is 16.8 Å². The van der Waals surface area contributed by atoms with Crippen LogP contribution in [0.1, 0.15) is 35.1 Å². The van der Waals surface area contributed by atoms with E-state index in [1.807, 2.05) is 6.07 Å². The second-order valence-electron chi connectivity index (χ2n) is 16.5. The average molecular weight is 792 g/mol. The molecule has 62 heavy (non-hydrogen) atoms. The molecule has 0 radical (unpaired) electrons. The summed E-state index contributed by atoms with van der Waals surface area (Å²) in [5.74, 6) is 0.699. The van der Waals surface area contributed by atoms with Crippen LogP contribution in [0.3, 0.4) is 0 Å². The number of hydrogen-bond acceptors (Lipinski definition) is 3. The van der Waals surface area contributed by atoms with E-state index in [0.717, 1.165) is 80.2 Å². The second-order valence-corrected chi connectivity index (χ2v) is 16.5. The van der Waals surface area contributed by atoms with Crippen molar-refractivity contribution in [2.24, 2.45) is 0 Å². The summed E-state index contributed by atoms with van der Waals surface area (Å²) in [7, 11) is 0.